The highest BCUT2D eigenvalue weighted by Gasteiger charge is 2.65. The number of carbonyl (C=O) groups is 3. The van der Waals surface area contributed by atoms with Crippen LogP contribution in [0.15, 0.2) is 12.1 Å². The lowest BCUT2D eigenvalue weighted by atomic mass is 9.52. The maximum absolute atomic E-state index is 12.6. The number of nitrogens with zero attached hydrogens (tertiary/aromatic N) is 1. The second kappa shape index (κ2) is 9.67. The molecule has 188 valence electrons. The average Bonchev–Trinajstić information content (AvgIpc) is 3.13. The van der Waals surface area contributed by atoms with Crippen LogP contribution < -0.4 is 9.47 Å². The fourth-order valence-electron chi connectivity index (χ4n) is 6.02. The first-order valence-corrected chi connectivity index (χ1v) is 11.0. The molecule has 5 N–H and O–H groups in total. The Morgan fingerprint density at radius 3 is 2.56 bits per heavy atom. The summed E-state index contributed by atoms with van der Waals surface area (Å²) in [6.45, 7) is 1.05. The number of hydrogen-bond acceptors (Lipinski definition) is 8. The molecule has 2 aliphatic heterocycles. The normalized spacial score (nSPS) is 29.9. The molecule has 2 aliphatic carbocycles. The number of likely N-dealkylation sites (N-methyl/N-ethyl adjacent to an activating group) is 1. The molecule has 34 heavy (non-hydrogen) atoms. The van der Waals surface area contributed by atoms with Crippen molar-refractivity contribution in [2.75, 3.05) is 20.7 Å². The molecule has 4 aliphatic rings. The third kappa shape index (κ3) is 3.81. The highest BCUT2D eigenvalue weighted by Crippen LogP contribution is 2.63. The van der Waals surface area contributed by atoms with Crippen molar-refractivity contribution in [1.29, 1.82) is 0 Å². The monoisotopic (exact) mass is 501 g/mol. The summed E-state index contributed by atoms with van der Waals surface area (Å²) in [5, 5.41) is 24.8. The smallest absolute Gasteiger partial charge is 0.338 e. The number of carbonyl (C=O) groups excluding carboxylic acids is 1. The minimum Gasteiger partial charge on any atom is -0.493 e. The van der Waals surface area contributed by atoms with E-state index in [0.29, 0.717) is 18.4 Å². The van der Waals surface area contributed by atoms with Crippen LogP contribution in [0.4, 0.5) is 0 Å². The largest absolute Gasteiger partial charge is 0.493 e. The summed E-state index contributed by atoms with van der Waals surface area (Å²) < 4.78 is 15.5. The molecule has 5 rings (SSSR count). The quantitative estimate of drug-likeness (QED) is 0.504. The van der Waals surface area contributed by atoms with E-state index >= 15 is 0 Å². The molecule has 6 atom stereocenters. The van der Waals surface area contributed by atoms with Gasteiger partial charge in [-0.2, -0.15) is 0 Å². The van der Waals surface area contributed by atoms with E-state index in [2.05, 4.69) is 34.2 Å². The molecule has 0 amide bonds. The van der Waals surface area contributed by atoms with Crippen LogP contribution >= 0.6 is 11.9 Å². The first-order chi connectivity index (χ1) is 15.7. The molecule has 0 unspecified atom stereocenters. The predicted octanol–water partition coefficient (Wildman–Crippen LogP) is 0.164. The second-order valence-electron chi connectivity index (χ2n) is 8.91. The van der Waals surface area contributed by atoms with Crippen LogP contribution in [0.5, 0.6) is 11.5 Å². The van der Waals surface area contributed by atoms with Gasteiger partial charge < -0.3 is 35.2 Å². The fraction of sp³-hybridized carbons (Fsp3) is 0.591. The molecule has 1 aromatic carbocycles. The predicted molar refractivity (Wildman–Crippen MR) is 117 cm³/mol. The van der Waals surface area contributed by atoms with Gasteiger partial charge in [0.1, 0.15) is 0 Å². The van der Waals surface area contributed by atoms with Crippen molar-refractivity contribution in [2.24, 2.45) is 5.92 Å². The van der Waals surface area contributed by atoms with E-state index in [1.165, 1.54) is 11.1 Å². The SMILES string of the molecule is COc1ccc2c3c1O[C@H]1C(=O)CC[C@H]4[C@@H](C2)N(C)CC[C@]314.O.O=C(O)[C@H](O)[C@@H](OCl)C(=O)O. The molecule has 0 aromatic heterocycles. The summed E-state index contributed by atoms with van der Waals surface area (Å²) in [7, 11) is 3.91. The van der Waals surface area contributed by atoms with Gasteiger partial charge >= 0.3 is 11.9 Å². The molecule has 2 heterocycles. The van der Waals surface area contributed by atoms with Crippen molar-refractivity contribution in [3.8, 4) is 11.5 Å². The highest BCUT2D eigenvalue weighted by molar-refractivity contribution is 6.08. The molecule has 1 spiro atoms. The Labute approximate surface area is 200 Å². The van der Waals surface area contributed by atoms with Crippen molar-refractivity contribution in [1.82, 2.24) is 4.90 Å². The number of aliphatic hydroxyl groups excluding tert-OH is 1. The minimum absolute atomic E-state index is 0. The van der Waals surface area contributed by atoms with Gasteiger partial charge in [-0.15, -0.1) is 0 Å². The highest BCUT2D eigenvalue weighted by atomic mass is 35.5. The molecule has 1 saturated carbocycles. The number of likely N-dealkylation sites (tertiary alicyclic amines) is 1. The number of carboxylic acid groups (broad SMARTS) is 2. The van der Waals surface area contributed by atoms with E-state index in [-0.39, 0.29) is 22.8 Å². The van der Waals surface area contributed by atoms with Gasteiger partial charge in [-0.1, -0.05) is 6.07 Å². The number of Topliss-reactive ketones (excluding diaryl/α,β-unsaturated/α-hetero) is 1. The first kappa shape index (κ1) is 26.2. The summed E-state index contributed by atoms with van der Waals surface area (Å²) in [5.74, 6) is -0.895. The van der Waals surface area contributed by atoms with Crippen LogP contribution in [0.25, 0.3) is 0 Å². The van der Waals surface area contributed by atoms with Gasteiger partial charge in [-0.3, -0.25) is 9.08 Å². The first-order valence-electron chi connectivity index (χ1n) is 10.7. The van der Waals surface area contributed by atoms with Crippen LogP contribution in [0.3, 0.4) is 0 Å². The number of rotatable bonds is 5. The second-order valence-corrected chi connectivity index (χ2v) is 9.09. The number of benzene rings is 1. The van der Waals surface area contributed by atoms with Gasteiger partial charge in [0.15, 0.2) is 29.5 Å². The number of aliphatic hydroxyl groups is 1. The molecule has 1 saturated heterocycles. The molecule has 0 radical (unpaired) electrons. The van der Waals surface area contributed by atoms with Crippen molar-refractivity contribution in [2.45, 2.75) is 55.5 Å². The van der Waals surface area contributed by atoms with Crippen LogP contribution in [-0.4, -0.2) is 88.5 Å². The van der Waals surface area contributed by atoms with Gasteiger partial charge in [-0.05, 0) is 50.4 Å². The topological polar surface area (TPSA) is 174 Å². The standard InChI is InChI=1S/C18H21NO3.C4H5ClO6.H2O/c1-19-8-7-18-11-4-5-13(20)17(18)22-16-14(21-2)6-3-10(15(16)18)9-12(11)19;5-11-2(4(9)10)1(6)3(7)8;/h3,6,11-12,17H,4-5,7-9H2,1-2H3;1-2,6H,(H,7,8)(H,9,10);1H2/t11-,12+,17-,18-;1-,2-;/m01./s1. The van der Waals surface area contributed by atoms with Crippen molar-refractivity contribution in [3.63, 3.8) is 0 Å². The van der Waals surface area contributed by atoms with Gasteiger partial charge in [0.25, 0.3) is 0 Å². The zero-order valence-corrected chi connectivity index (χ0v) is 19.4. The Kier molecular flexibility index (Phi) is 7.44. The lowest BCUT2D eigenvalue weighted by Gasteiger charge is -2.57. The van der Waals surface area contributed by atoms with E-state index in [1.807, 2.05) is 6.07 Å². The van der Waals surface area contributed by atoms with Crippen LogP contribution in [0.1, 0.15) is 30.4 Å². The Balaban J connectivity index is 0.000000234. The number of piperidine rings is 1. The number of hydrogen-bond donors (Lipinski definition) is 3. The molecular formula is C22H28ClNO10. The summed E-state index contributed by atoms with van der Waals surface area (Å²) >= 11 is 4.60. The van der Waals surface area contributed by atoms with E-state index in [0.717, 1.165) is 37.3 Å². The minimum atomic E-state index is -2.16. The van der Waals surface area contributed by atoms with Gasteiger partial charge in [-0.25, -0.2) is 9.59 Å². The molecule has 1 aromatic rings. The Bertz CT molecular complexity index is 987. The molecule has 12 heteroatoms. The lowest BCUT2D eigenvalue weighted by molar-refractivity contribution is -0.163. The summed E-state index contributed by atoms with van der Waals surface area (Å²) in [6, 6.07) is 4.73. The maximum Gasteiger partial charge on any atom is 0.338 e. The zero-order chi connectivity index (χ0) is 24.1. The number of methoxy groups -OCH3 is 1. The van der Waals surface area contributed by atoms with Gasteiger partial charge in [0.05, 0.1) is 19.0 Å². The Morgan fingerprint density at radius 1 is 1.29 bits per heavy atom. The van der Waals surface area contributed by atoms with Crippen LogP contribution in [-0.2, 0) is 30.5 Å². The van der Waals surface area contributed by atoms with E-state index in [9.17, 15) is 14.4 Å². The lowest BCUT2D eigenvalue weighted by Crippen LogP contribution is -2.65. The number of ketones is 1. The van der Waals surface area contributed by atoms with E-state index in [4.69, 9.17) is 24.8 Å². The number of carboxylic acids is 2. The number of halogens is 1. The third-order valence-electron chi connectivity index (χ3n) is 7.47. The molecular weight excluding hydrogens is 474 g/mol. The van der Waals surface area contributed by atoms with Gasteiger partial charge in [0, 0.05) is 23.4 Å². The summed E-state index contributed by atoms with van der Waals surface area (Å²) in [6.07, 6.45) is -0.642. The average molecular weight is 502 g/mol. The zero-order valence-electron chi connectivity index (χ0n) is 18.7. The van der Waals surface area contributed by atoms with E-state index < -0.39 is 24.1 Å². The van der Waals surface area contributed by atoms with E-state index in [1.54, 1.807) is 7.11 Å². The van der Waals surface area contributed by atoms with Gasteiger partial charge in [0.2, 0.25) is 6.10 Å². The summed E-state index contributed by atoms with van der Waals surface area (Å²) in [5.41, 5.74) is 2.57. The van der Waals surface area contributed by atoms with Crippen LogP contribution in [0, 0.1) is 5.92 Å². The number of aliphatic carboxylic acids is 2. The fourth-order valence-corrected chi connectivity index (χ4v) is 6.20. The molecule has 11 nitrogen and oxygen atoms in total. The van der Waals surface area contributed by atoms with Crippen molar-refractivity contribution >= 4 is 29.6 Å². The maximum atomic E-state index is 12.6. The molecule has 2 bridgehead atoms. The van der Waals surface area contributed by atoms with Crippen molar-refractivity contribution in [3.05, 3.63) is 23.3 Å². The van der Waals surface area contributed by atoms with Crippen LogP contribution in [0.2, 0.25) is 0 Å². The third-order valence-corrected chi connectivity index (χ3v) is 7.66. The summed E-state index contributed by atoms with van der Waals surface area (Å²) in [4.78, 5) is 35.1. The number of ether oxygens (including phenoxy) is 2. The Hall–Kier alpha value is -2.44. The Morgan fingerprint density at radius 2 is 2.00 bits per heavy atom. The molecule has 2 fully saturated rings. The van der Waals surface area contributed by atoms with Crippen molar-refractivity contribution < 1.29 is 48.9 Å².